The fraction of sp³-hybridized carbons (Fsp3) is 0.174. The summed E-state index contributed by atoms with van der Waals surface area (Å²) in [5, 5.41) is 4.62. The third-order valence-corrected chi connectivity index (χ3v) is 7.28. The molecular weight excluding hydrogens is 351 g/mol. The van der Waals surface area contributed by atoms with Gasteiger partial charge in [-0.05, 0) is 30.2 Å². The van der Waals surface area contributed by atoms with Crippen LogP contribution in [0.5, 0.6) is 0 Å². The van der Waals surface area contributed by atoms with Crippen LogP contribution < -0.4 is 4.78 Å². The largest absolute Gasteiger partial charge is 0.340 e. The highest BCUT2D eigenvalue weighted by Crippen LogP contribution is 2.66. The third kappa shape index (κ3) is 3.18. The van der Waals surface area contributed by atoms with Crippen molar-refractivity contribution in [3.8, 4) is 0 Å². The molecule has 0 spiro atoms. The lowest BCUT2D eigenvalue weighted by Gasteiger charge is -2.47. The minimum atomic E-state index is -1.09. The van der Waals surface area contributed by atoms with Crippen LogP contribution in [0.15, 0.2) is 96.1 Å². The number of hydrazone groups is 1. The minimum Gasteiger partial charge on any atom is -0.340 e. The van der Waals surface area contributed by atoms with Crippen LogP contribution in [-0.2, 0) is 9.68 Å². The van der Waals surface area contributed by atoms with Crippen LogP contribution in [0.25, 0.3) is 0 Å². The first-order chi connectivity index (χ1) is 13.3. The van der Waals surface area contributed by atoms with E-state index in [0.717, 1.165) is 17.8 Å². The van der Waals surface area contributed by atoms with Gasteiger partial charge in [-0.1, -0.05) is 78.9 Å². The number of anilines is 1. The fourth-order valence-corrected chi connectivity index (χ4v) is 6.28. The van der Waals surface area contributed by atoms with Gasteiger partial charge in [0.25, 0.3) is 0 Å². The van der Waals surface area contributed by atoms with Crippen LogP contribution in [0, 0.1) is 0 Å². The second-order valence-electron chi connectivity index (χ2n) is 6.68. The summed E-state index contributed by atoms with van der Waals surface area (Å²) in [6.07, 6.45) is 0.837. The van der Waals surface area contributed by atoms with Crippen LogP contribution in [0.1, 0.15) is 24.5 Å². The normalized spacial score (nSPS) is 18.8. The van der Waals surface area contributed by atoms with Gasteiger partial charge in [-0.15, -0.1) is 0 Å². The van der Waals surface area contributed by atoms with Crippen molar-refractivity contribution in [3.05, 3.63) is 102 Å². The second kappa shape index (κ2) is 7.64. The third-order valence-electron chi connectivity index (χ3n) is 4.94. The van der Waals surface area contributed by atoms with Gasteiger partial charge in [-0.25, -0.2) is 4.78 Å². The first-order valence-electron chi connectivity index (χ1n) is 9.10. The van der Waals surface area contributed by atoms with E-state index in [1.165, 1.54) is 11.1 Å². The molecule has 1 heterocycles. The predicted molar refractivity (Wildman–Crippen MR) is 114 cm³/mol. The molecule has 3 nitrogen and oxygen atoms in total. The number of rotatable bonds is 4. The Kier molecular flexibility index (Phi) is 5.07. The molecule has 0 N–H and O–H groups in total. The van der Waals surface area contributed by atoms with Crippen LogP contribution in [-0.4, -0.2) is 12.8 Å². The van der Waals surface area contributed by atoms with Gasteiger partial charge in [0.1, 0.15) is 0 Å². The zero-order valence-corrected chi connectivity index (χ0v) is 16.5. The molecule has 4 heteroatoms. The number of hydrogen-bond acceptors (Lipinski definition) is 3. The lowest BCUT2D eigenvalue weighted by molar-refractivity contribution is 0.433. The smallest absolute Gasteiger partial charge is 0.170 e. The molecule has 1 aliphatic heterocycles. The maximum Gasteiger partial charge on any atom is 0.170 e. The molecule has 4 rings (SSSR count). The van der Waals surface area contributed by atoms with E-state index in [0.29, 0.717) is 0 Å². The molecule has 1 aliphatic rings. The zero-order valence-electron chi connectivity index (χ0n) is 15.6. The highest BCUT2D eigenvalue weighted by molar-refractivity contribution is 7.56. The monoisotopic (exact) mass is 374 g/mol. The maximum atomic E-state index is 6.21. The molecule has 1 unspecified atom stereocenters. The van der Waals surface area contributed by atoms with Gasteiger partial charge in [-0.3, -0.25) is 0 Å². The molecule has 0 bridgehead atoms. The van der Waals surface area contributed by atoms with Gasteiger partial charge >= 0.3 is 0 Å². The molecule has 0 fully saturated rings. The Labute approximate surface area is 162 Å². The second-order valence-corrected chi connectivity index (χ2v) is 8.74. The minimum absolute atomic E-state index is 0.283. The number of para-hydroxylation sites is 1. The van der Waals surface area contributed by atoms with Crippen LogP contribution in [0.2, 0.25) is 0 Å². The molecule has 0 saturated carbocycles. The van der Waals surface area contributed by atoms with E-state index in [-0.39, 0.29) is 5.16 Å². The summed E-state index contributed by atoms with van der Waals surface area (Å²) < 4.78 is 8.31. The van der Waals surface area contributed by atoms with Gasteiger partial charge in [-0.2, -0.15) is 5.10 Å². The van der Waals surface area contributed by atoms with E-state index in [1.807, 2.05) is 18.2 Å². The average Bonchev–Trinajstić information content (AvgIpc) is 2.75. The Balaban J connectivity index is 1.96. The molecular formula is C23H23N2OP. The van der Waals surface area contributed by atoms with Crippen molar-refractivity contribution < 1.29 is 4.52 Å². The quantitative estimate of drug-likeness (QED) is 0.510. The Morgan fingerprint density at radius 2 is 1.30 bits per heavy atom. The van der Waals surface area contributed by atoms with Gasteiger partial charge in [0, 0.05) is 19.2 Å². The van der Waals surface area contributed by atoms with Crippen LogP contribution in [0.4, 0.5) is 5.69 Å². The van der Waals surface area contributed by atoms with Crippen molar-refractivity contribution in [1.29, 1.82) is 0 Å². The molecule has 0 saturated heterocycles. The number of hydrogen-bond donors (Lipinski definition) is 0. The Hall–Kier alpha value is -2.48. The molecule has 1 atom stereocenters. The van der Waals surface area contributed by atoms with E-state index in [2.05, 4.69) is 84.5 Å². The standard InChI is InChI=1S/C23H23N2OP/c1-19-18-23(20-12-6-3-7-13-20,21-14-8-4-9-15-21)27(26-2)25(24-19)22-16-10-5-11-17-22/h3-17H,18H2,1-2H3. The van der Waals surface area contributed by atoms with Crippen LogP contribution in [0.3, 0.4) is 0 Å². The fourth-order valence-electron chi connectivity index (χ4n) is 3.81. The van der Waals surface area contributed by atoms with Gasteiger partial charge in [0.15, 0.2) is 8.30 Å². The summed E-state index contributed by atoms with van der Waals surface area (Å²) in [5.74, 6) is 0. The van der Waals surface area contributed by atoms with Crippen molar-refractivity contribution in [1.82, 2.24) is 0 Å². The van der Waals surface area contributed by atoms with Crippen molar-refractivity contribution in [2.75, 3.05) is 11.9 Å². The first kappa shape index (κ1) is 17.9. The summed E-state index contributed by atoms with van der Waals surface area (Å²) in [4.78, 5) is 0. The van der Waals surface area contributed by atoms with E-state index >= 15 is 0 Å². The Bertz CT molecular complexity index is 873. The highest BCUT2D eigenvalue weighted by Gasteiger charge is 2.49. The Morgan fingerprint density at radius 3 is 1.78 bits per heavy atom. The molecule has 136 valence electrons. The molecule has 0 aromatic heterocycles. The van der Waals surface area contributed by atoms with E-state index in [4.69, 9.17) is 9.63 Å². The van der Waals surface area contributed by atoms with Crippen molar-refractivity contribution in [3.63, 3.8) is 0 Å². The van der Waals surface area contributed by atoms with E-state index < -0.39 is 8.30 Å². The predicted octanol–water partition coefficient (Wildman–Crippen LogP) is 6.17. The van der Waals surface area contributed by atoms with Gasteiger partial charge in [0.05, 0.1) is 10.8 Å². The Morgan fingerprint density at radius 1 is 0.815 bits per heavy atom. The maximum absolute atomic E-state index is 6.21. The molecule has 3 aromatic carbocycles. The summed E-state index contributed by atoms with van der Waals surface area (Å²) >= 11 is 0. The van der Waals surface area contributed by atoms with Crippen LogP contribution >= 0.6 is 8.30 Å². The molecule has 0 aliphatic carbocycles. The van der Waals surface area contributed by atoms with E-state index in [1.54, 1.807) is 7.11 Å². The van der Waals surface area contributed by atoms with E-state index in [9.17, 15) is 0 Å². The lowest BCUT2D eigenvalue weighted by Crippen LogP contribution is -2.38. The zero-order chi connectivity index (χ0) is 18.7. The summed E-state index contributed by atoms with van der Waals surface area (Å²) in [6, 6.07) is 31.7. The van der Waals surface area contributed by atoms with Crippen molar-refractivity contribution in [2.45, 2.75) is 18.5 Å². The van der Waals surface area contributed by atoms with Gasteiger partial charge in [0.2, 0.25) is 0 Å². The molecule has 0 amide bonds. The number of benzene rings is 3. The lowest BCUT2D eigenvalue weighted by atomic mass is 9.86. The highest BCUT2D eigenvalue weighted by atomic mass is 31.2. The molecule has 0 radical (unpaired) electrons. The number of nitrogens with zero attached hydrogens (tertiary/aromatic N) is 2. The SMILES string of the molecule is COP1N(c2ccccc2)N=C(C)CC1(c1ccccc1)c1ccccc1. The van der Waals surface area contributed by atoms with Crippen molar-refractivity contribution in [2.24, 2.45) is 5.10 Å². The van der Waals surface area contributed by atoms with Gasteiger partial charge < -0.3 is 4.52 Å². The average molecular weight is 374 g/mol. The molecule has 3 aromatic rings. The molecule has 27 heavy (non-hydrogen) atoms. The first-order valence-corrected chi connectivity index (χ1v) is 10.3. The summed E-state index contributed by atoms with van der Waals surface area (Å²) in [7, 11) is 0.714. The summed E-state index contributed by atoms with van der Waals surface area (Å²) in [5.41, 5.74) is 4.68. The van der Waals surface area contributed by atoms with Crippen molar-refractivity contribution >= 4 is 19.7 Å². The summed E-state index contributed by atoms with van der Waals surface area (Å²) in [6.45, 7) is 2.11. The topological polar surface area (TPSA) is 24.8 Å².